The first kappa shape index (κ1) is 14.2. The summed E-state index contributed by atoms with van der Waals surface area (Å²) in [7, 11) is -2.95. The second kappa shape index (κ2) is 5.68. The standard InChI is InChI=1S/C10H16BrN3O2S/c1-3-17(15,16)5-4-13-10-9(11)7(2)8(12)6-14-10/h6H,3-5,12H2,1-2H3,(H,13,14). The molecule has 0 amide bonds. The zero-order valence-corrected chi connectivity index (χ0v) is 12.2. The maximum atomic E-state index is 11.3. The van der Waals surface area contributed by atoms with Crippen LogP contribution in [0, 0.1) is 6.92 Å². The SMILES string of the molecule is CCS(=O)(=O)CCNc1ncc(N)c(C)c1Br. The van der Waals surface area contributed by atoms with Gasteiger partial charge in [0.15, 0.2) is 9.84 Å². The number of hydrogen-bond donors (Lipinski definition) is 2. The summed E-state index contributed by atoms with van der Waals surface area (Å²) < 4.78 is 23.4. The second-order valence-electron chi connectivity index (χ2n) is 3.66. The fraction of sp³-hybridized carbons (Fsp3) is 0.500. The van der Waals surface area contributed by atoms with E-state index in [9.17, 15) is 8.42 Å². The van der Waals surface area contributed by atoms with Crippen molar-refractivity contribution in [3.05, 3.63) is 16.2 Å². The molecule has 0 bridgehead atoms. The Bertz CT molecular complexity index is 503. The fourth-order valence-corrected chi connectivity index (χ4v) is 2.36. The minimum atomic E-state index is -2.95. The lowest BCUT2D eigenvalue weighted by atomic mass is 10.2. The second-order valence-corrected chi connectivity index (χ2v) is 6.93. The van der Waals surface area contributed by atoms with Crippen molar-refractivity contribution in [1.29, 1.82) is 0 Å². The van der Waals surface area contributed by atoms with Crippen molar-refractivity contribution >= 4 is 37.3 Å². The van der Waals surface area contributed by atoms with Gasteiger partial charge in [-0.1, -0.05) is 6.92 Å². The van der Waals surface area contributed by atoms with Gasteiger partial charge in [0.05, 0.1) is 22.1 Å². The third-order valence-corrected chi connectivity index (χ3v) is 5.12. The molecule has 0 saturated carbocycles. The first-order chi connectivity index (χ1) is 7.87. The minimum absolute atomic E-state index is 0.0983. The van der Waals surface area contributed by atoms with Crippen LogP contribution in [0.5, 0.6) is 0 Å². The van der Waals surface area contributed by atoms with Crippen LogP contribution in [-0.4, -0.2) is 31.5 Å². The van der Waals surface area contributed by atoms with Crippen LogP contribution in [0.1, 0.15) is 12.5 Å². The van der Waals surface area contributed by atoms with Gasteiger partial charge in [-0.05, 0) is 28.4 Å². The van der Waals surface area contributed by atoms with Crippen molar-refractivity contribution in [3.63, 3.8) is 0 Å². The highest BCUT2D eigenvalue weighted by atomic mass is 79.9. The fourth-order valence-electron chi connectivity index (χ4n) is 1.18. The van der Waals surface area contributed by atoms with Crippen LogP contribution in [0.2, 0.25) is 0 Å². The lowest BCUT2D eigenvalue weighted by molar-refractivity contribution is 0.597. The molecule has 0 aliphatic heterocycles. The summed E-state index contributed by atoms with van der Waals surface area (Å²) in [6.07, 6.45) is 1.55. The molecule has 7 heteroatoms. The Morgan fingerprint density at radius 3 is 2.76 bits per heavy atom. The molecular weight excluding hydrogens is 306 g/mol. The third kappa shape index (κ3) is 3.85. The number of pyridine rings is 1. The smallest absolute Gasteiger partial charge is 0.151 e. The molecule has 17 heavy (non-hydrogen) atoms. The van der Waals surface area contributed by atoms with Gasteiger partial charge in [0.2, 0.25) is 0 Å². The molecule has 3 N–H and O–H groups in total. The van der Waals surface area contributed by atoms with Crippen LogP contribution in [0.15, 0.2) is 10.7 Å². The van der Waals surface area contributed by atoms with Crippen LogP contribution in [0.4, 0.5) is 11.5 Å². The van der Waals surface area contributed by atoms with E-state index in [2.05, 4.69) is 26.2 Å². The van der Waals surface area contributed by atoms with Crippen molar-refractivity contribution in [2.45, 2.75) is 13.8 Å². The van der Waals surface area contributed by atoms with E-state index in [0.717, 1.165) is 10.0 Å². The molecule has 0 atom stereocenters. The average Bonchev–Trinajstić information content (AvgIpc) is 2.29. The molecule has 1 rings (SSSR count). The molecule has 0 fully saturated rings. The summed E-state index contributed by atoms with van der Waals surface area (Å²) in [6, 6.07) is 0. The van der Waals surface area contributed by atoms with Gasteiger partial charge in [-0.2, -0.15) is 0 Å². The molecule has 96 valence electrons. The number of rotatable bonds is 5. The largest absolute Gasteiger partial charge is 0.397 e. The predicted molar refractivity (Wildman–Crippen MR) is 73.9 cm³/mol. The van der Waals surface area contributed by atoms with Crippen LogP contribution < -0.4 is 11.1 Å². The zero-order chi connectivity index (χ0) is 13.1. The van der Waals surface area contributed by atoms with E-state index >= 15 is 0 Å². The Balaban J connectivity index is 2.68. The van der Waals surface area contributed by atoms with Crippen LogP contribution in [0.3, 0.4) is 0 Å². The Hall–Kier alpha value is -0.820. The van der Waals surface area contributed by atoms with Crippen molar-refractivity contribution in [3.8, 4) is 0 Å². The van der Waals surface area contributed by atoms with Crippen LogP contribution in [0.25, 0.3) is 0 Å². The van der Waals surface area contributed by atoms with Gasteiger partial charge >= 0.3 is 0 Å². The average molecular weight is 322 g/mol. The van der Waals surface area contributed by atoms with Crippen molar-refractivity contribution in [2.75, 3.05) is 29.1 Å². The number of nitrogens with one attached hydrogen (secondary N) is 1. The third-order valence-electron chi connectivity index (χ3n) is 2.45. The van der Waals surface area contributed by atoms with Gasteiger partial charge in [-0.3, -0.25) is 0 Å². The number of aromatic nitrogens is 1. The number of hydrogen-bond acceptors (Lipinski definition) is 5. The van der Waals surface area contributed by atoms with Crippen LogP contribution >= 0.6 is 15.9 Å². The molecule has 0 aliphatic carbocycles. The van der Waals surface area contributed by atoms with E-state index in [1.807, 2.05) is 6.92 Å². The van der Waals surface area contributed by atoms with E-state index in [-0.39, 0.29) is 11.5 Å². The molecule has 0 aromatic carbocycles. The maximum absolute atomic E-state index is 11.3. The van der Waals surface area contributed by atoms with E-state index in [1.165, 1.54) is 0 Å². The van der Waals surface area contributed by atoms with Gasteiger partial charge in [-0.25, -0.2) is 13.4 Å². The first-order valence-corrected chi connectivity index (χ1v) is 7.83. The van der Waals surface area contributed by atoms with Crippen LogP contribution in [-0.2, 0) is 9.84 Å². The molecule has 1 aromatic heterocycles. The zero-order valence-electron chi connectivity index (χ0n) is 9.83. The summed E-state index contributed by atoms with van der Waals surface area (Å²) in [5.41, 5.74) is 7.18. The topological polar surface area (TPSA) is 85.1 Å². The van der Waals surface area contributed by atoms with Gasteiger partial charge in [-0.15, -0.1) is 0 Å². The molecule has 0 aliphatic rings. The van der Waals surface area contributed by atoms with E-state index in [4.69, 9.17) is 5.73 Å². The van der Waals surface area contributed by atoms with Crippen molar-refractivity contribution in [1.82, 2.24) is 4.98 Å². The van der Waals surface area contributed by atoms with E-state index < -0.39 is 9.84 Å². The molecule has 0 spiro atoms. The maximum Gasteiger partial charge on any atom is 0.151 e. The number of halogens is 1. The highest BCUT2D eigenvalue weighted by Gasteiger charge is 2.10. The lowest BCUT2D eigenvalue weighted by Crippen LogP contribution is -2.18. The number of anilines is 2. The molecule has 0 saturated heterocycles. The number of nitrogens with zero attached hydrogens (tertiary/aromatic N) is 1. The normalized spacial score (nSPS) is 11.5. The number of sulfone groups is 1. The summed E-state index contributed by atoms with van der Waals surface area (Å²) in [6.45, 7) is 3.84. The number of nitrogens with two attached hydrogens (primary N) is 1. The highest BCUT2D eigenvalue weighted by Crippen LogP contribution is 2.27. The summed E-state index contributed by atoms with van der Waals surface area (Å²) in [5, 5.41) is 2.98. The molecule has 0 radical (unpaired) electrons. The van der Waals surface area contributed by atoms with E-state index in [0.29, 0.717) is 18.1 Å². The summed E-state index contributed by atoms with van der Waals surface area (Å²) in [4.78, 5) is 4.11. The summed E-state index contributed by atoms with van der Waals surface area (Å²) >= 11 is 3.37. The highest BCUT2D eigenvalue weighted by molar-refractivity contribution is 9.10. The lowest BCUT2D eigenvalue weighted by Gasteiger charge is -2.10. The van der Waals surface area contributed by atoms with Gasteiger partial charge < -0.3 is 11.1 Å². The molecular formula is C10H16BrN3O2S. The Morgan fingerprint density at radius 2 is 2.18 bits per heavy atom. The number of nitrogen functional groups attached to an aromatic ring is 1. The quantitative estimate of drug-likeness (QED) is 0.860. The summed E-state index contributed by atoms with van der Waals surface area (Å²) in [5.74, 6) is 0.869. The van der Waals surface area contributed by atoms with E-state index in [1.54, 1.807) is 13.1 Å². The monoisotopic (exact) mass is 321 g/mol. The molecule has 5 nitrogen and oxygen atoms in total. The first-order valence-electron chi connectivity index (χ1n) is 5.22. The molecule has 0 unspecified atom stereocenters. The Kier molecular flexibility index (Phi) is 4.76. The molecule has 1 heterocycles. The predicted octanol–water partition coefficient (Wildman–Crippen LogP) is 1.58. The minimum Gasteiger partial charge on any atom is -0.397 e. The van der Waals surface area contributed by atoms with Crippen molar-refractivity contribution < 1.29 is 8.42 Å². The van der Waals surface area contributed by atoms with Gasteiger partial charge in [0.1, 0.15) is 5.82 Å². The van der Waals surface area contributed by atoms with Gasteiger partial charge in [0, 0.05) is 12.3 Å². The van der Waals surface area contributed by atoms with Crippen molar-refractivity contribution in [2.24, 2.45) is 0 Å². The molecule has 1 aromatic rings. The Morgan fingerprint density at radius 1 is 1.53 bits per heavy atom. The Labute approximate surface area is 110 Å². The van der Waals surface area contributed by atoms with Gasteiger partial charge in [0.25, 0.3) is 0 Å².